The number of carbonyl (C=O) groups is 1. The number of fused-ring (bicyclic) bond motifs is 2. The normalized spacial score (nSPS) is 12.7. The van der Waals surface area contributed by atoms with Gasteiger partial charge in [0.25, 0.3) is 0 Å². The molecular formula is C51H51F3I3N3O5. The minimum Gasteiger partial charge on any atom is -0.507 e. The van der Waals surface area contributed by atoms with Gasteiger partial charge in [0.15, 0.2) is 5.75 Å². The van der Waals surface area contributed by atoms with Crippen LogP contribution >= 0.6 is 67.8 Å². The number of hydrogen-bond donors (Lipinski definition) is 5. The number of hydrogen-bond acceptors (Lipinski definition) is 7. The zero-order valence-electron chi connectivity index (χ0n) is 35.8. The fourth-order valence-electron chi connectivity index (χ4n) is 6.96. The number of alkyl halides is 3. The van der Waals surface area contributed by atoms with Gasteiger partial charge in [0, 0.05) is 6.42 Å². The minimum absolute atomic E-state index is 0.203. The average Bonchev–Trinajstić information content (AvgIpc) is 3.45. The lowest BCUT2D eigenvalue weighted by atomic mass is 9.93. The Hall–Kier alpha value is -4.21. The summed E-state index contributed by atoms with van der Waals surface area (Å²) in [5.41, 5.74) is 13.9. The Balaban J connectivity index is 0.000000183. The number of rotatable bonds is 14. The maximum Gasteiger partial charge on any atom is 0.416 e. The van der Waals surface area contributed by atoms with Crippen molar-refractivity contribution in [2.75, 3.05) is 27.2 Å². The van der Waals surface area contributed by atoms with Crippen LogP contribution in [0.5, 0.6) is 23.0 Å². The van der Waals surface area contributed by atoms with Crippen LogP contribution in [0.1, 0.15) is 57.9 Å². The minimum atomic E-state index is -4.33. The number of halogens is 6. The molecular weight excluding hydrogens is 1170 g/mol. The van der Waals surface area contributed by atoms with Gasteiger partial charge < -0.3 is 36.1 Å². The van der Waals surface area contributed by atoms with Crippen LogP contribution in [-0.2, 0) is 30.2 Å². The number of ether oxygens (including phenoxy) is 2. The maximum absolute atomic E-state index is 12.6. The Morgan fingerprint density at radius 3 is 1.85 bits per heavy atom. The molecule has 8 nitrogen and oxygen atoms in total. The van der Waals surface area contributed by atoms with E-state index in [0.29, 0.717) is 20.8 Å². The molecule has 0 fully saturated rings. The molecule has 6 aromatic rings. The standard InChI is InChI=1S/C19H21N.C17H18F3NO.C15H12I3NO4/c1-20-14-6-11-19-17-9-4-2-7-15(17)12-13-16-8-3-5-10-18(16)19;1-21-12-11-16(13-5-3-2-4-6-13)22-15-9-7-14(8-10-15)17(18,19)20;16-9-6-8(1-2-13(9)20)23-14-10(17)3-7(4-11(14)18)5-12(19)15(21)22/h2-5,7-11,20H,6,12-14H2,1H3;2-10,16,21H,11-12H2,1H3;1-4,6,12,20H,5,19H2,(H,21,22)/t;;12-/m..0/s1. The first kappa shape index (κ1) is 51.8. The number of nitrogens with two attached hydrogens (primary N) is 1. The van der Waals surface area contributed by atoms with Gasteiger partial charge in [0.05, 0.1) is 16.3 Å². The van der Waals surface area contributed by atoms with Crippen LogP contribution < -0.4 is 25.8 Å². The smallest absolute Gasteiger partial charge is 0.416 e. The van der Waals surface area contributed by atoms with Gasteiger partial charge in [-0.1, -0.05) is 84.9 Å². The highest BCUT2D eigenvalue weighted by Crippen LogP contribution is 2.36. The number of aromatic hydroxyl groups is 1. The quantitative estimate of drug-likeness (QED) is 0.0539. The van der Waals surface area contributed by atoms with Crippen LogP contribution in [0.3, 0.4) is 0 Å². The number of phenols is 1. The molecule has 0 bridgehead atoms. The van der Waals surface area contributed by atoms with Crippen molar-refractivity contribution < 1.29 is 37.7 Å². The van der Waals surface area contributed by atoms with Crippen molar-refractivity contribution in [3.8, 4) is 23.0 Å². The summed E-state index contributed by atoms with van der Waals surface area (Å²) < 4.78 is 51.9. The van der Waals surface area contributed by atoms with E-state index in [0.717, 1.165) is 69.2 Å². The molecule has 7 rings (SSSR count). The van der Waals surface area contributed by atoms with Crippen molar-refractivity contribution in [1.82, 2.24) is 10.6 Å². The van der Waals surface area contributed by atoms with Crippen molar-refractivity contribution in [2.24, 2.45) is 5.73 Å². The maximum atomic E-state index is 12.6. The molecule has 0 aliphatic heterocycles. The van der Waals surface area contributed by atoms with Gasteiger partial charge in [-0.2, -0.15) is 13.2 Å². The van der Waals surface area contributed by atoms with Gasteiger partial charge in [0.1, 0.15) is 29.4 Å². The fourth-order valence-corrected chi connectivity index (χ4v) is 9.56. The molecule has 0 aromatic heterocycles. The van der Waals surface area contributed by atoms with Gasteiger partial charge in [-0.15, -0.1) is 0 Å². The van der Waals surface area contributed by atoms with E-state index < -0.39 is 23.8 Å². The largest absolute Gasteiger partial charge is 0.507 e. The molecule has 1 aliphatic carbocycles. The summed E-state index contributed by atoms with van der Waals surface area (Å²) >= 11 is 6.33. The Labute approximate surface area is 419 Å². The second kappa shape index (κ2) is 25.6. The lowest BCUT2D eigenvalue weighted by Crippen LogP contribution is -2.32. The van der Waals surface area contributed by atoms with Crippen LogP contribution in [0.15, 0.2) is 140 Å². The SMILES string of the molecule is CNCCC(Oc1ccc(C(F)(F)F)cc1)c1ccccc1.CNCCC=C1c2ccccc2CCc2ccccc21.N[C@@H](Cc1cc(I)c(Oc2ccc(O)c(I)c2)c(I)c1)C(=O)O. The summed E-state index contributed by atoms with van der Waals surface area (Å²) in [7, 11) is 3.85. The third kappa shape index (κ3) is 15.7. The first-order valence-corrected chi connectivity index (χ1v) is 24.1. The average molecular weight is 1220 g/mol. The van der Waals surface area contributed by atoms with Crippen LogP contribution in [0.25, 0.3) is 5.57 Å². The van der Waals surface area contributed by atoms with Crippen molar-refractivity contribution in [1.29, 1.82) is 0 Å². The summed E-state index contributed by atoms with van der Waals surface area (Å²) in [5.74, 6) is 0.936. The molecule has 1 unspecified atom stereocenters. The number of carboxylic acid groups (broad SMARTS) is 1. The van der Waals surface area contributed by atoms with E-state index in [-0.39, 0.29) is 18.3 Å². The monoisotopic (exact) mass is 1220 g/mol. The van der Waals surface area contributed by atoms with Crippen molar-refractivity contribution in [2.45, 2.75) is 50.4 Å². The predicted octanol–water partition coefficient (Wildman–Crippen LogP) is 12.2. The van der Waals surface area contributed by atoms with E-state index in [1.165, 1.54) is 40.0 Å². The molecule has 65 heavy (non-hydrogen) atoms. The lowest BCUT2D eigenvalue weighted by molar-refractivity contribution is -0.139. The molecule has 1 aliphatic rings. The molecule has 0 amide bonds. The molecule has 14 heteroatoms. The zero-order chi connectivity index (χ0) is 46.9. The highest BCUT2D eigenvalue weighted by molar-refractivity contribution is 14.1. The highest BCUT2D eigenvalue weighted by atomic mass is 127. The molecule has 0 saturated carbocycles. The Kier molecular flexibility index (Phi) is 20.4. The van der Waals surface area contributed by atoms with Gasteiger partial charge >= 0.3 is 12.1 Å². The Bertz CT molecular complexity index is 2430. The van der Waals surface area contributed by atoms with Crippen LogP contribution in [0, 0.1) is 10.7 Å². The molecule has 0 radical (unpaired) electrons. The number of aliphatic carboxylic acids is 1. The first-order valence-electron chi connectivity index (χ1n) is 20.9. The third-order valence-corrected chi connectivity index (χ3v) is 12.7. The molecule has 6 aromatic carbocycles. The molecule has 0 heterocycles. The van der Waals surface area contributed by atoms with E-state index in [2.05, 4.69) is 110 Å². The van der Waals surface area contributed by atoms with Gasteiger partial charge in [-0.3, -0.25) is 4.79 Å². The Morgan fingerprint density at radius 2 is 1.31 bits per heavy atom. The second-order valence-corrected chi connectivity index (χ2v) is 18.5. The Morgan fingerprint density at radius 1 is 0.754 bits per heavy atom. The summed E-state index contributed by atoms with van der Waals surface area (Å²) in [6, 6.07) is 39.9. The van der Waals surface area contributed by atoms with Crippen LogP contribution in [0.2, 0.25) is 0 Å². The molecule has 2 atom stereocenters. The summed E-state index contributed by atoms with van der Waals surface area (Å²) in [6.07, 6.45) is 2.18. The van der Waals surface area contributed by atoms with E-state index >= 15 is 0 Å². The number of benzene rings is 6. The summed E-state index contributed by atoms with van der Waals surface area (Å²) in [6.45, 7) is 1.77. The number of aryl methyl sites for hydroxylation is 2. The molecule has 0 spiro atoms. The van der Waals surface area contributed by atoms with Crippen LogP contribution in [-0.4, -0.2) is 49.4 Å². The van der Waals surface area contributed by atoms with Crippen LogP contribution in [0.4, 0.5) is 13.2 Å². The fraction of sp³-hybridized carbons (Fsp3) is 0.235. The van der Waals surface area contributed by atoms with Crippen molar-refractivity contribution in [3.05, 3.63) is 189 Å². The van der Waals surface area contributed by atoms with Gasteiger partial charge in [-0.25, -0.2) is 0 Å². The molecule has 6 N–H and O–H groups in total. The van der Waals surface area contributed by atoms with Crippen molar-refractivity contribution in [3.63, 3.8) is 0 Å². The van der Waals surface area contributed by atoms with E-state index in [4.69, 9.17) is 20.3 Å². The first-order chi connectivity index (χ1) is 31.2. The third-order valence-electron chi connectivity index (χ3n) is 10.3. The number of carboxylic acids is 1. The molecule has 342 valence electrons. The number of nitrogens with one attached hydrogen (secondary N) is 2. The zero-order valence-corrected chi connectivity index (χ0v) is 42.3. The molecule has 0 saturated heterocycles. The second-order valence-electron chi connectivity index (χ2n) is 15.0. The van der Waals surface area contributed by atoms with E-state index in [9.17, 15) is 23.1 Å². The highest BCUT2D eigenvalue weighted by Gasteiger charge is 2.30. The summed E-state index contributed by atoms with van der Waals surface area (Å²) in [5, 5.41) is 24.7. The van der Waals surface area contributed by atoms with E-state index in [1.54, 1.807) is 18.2 Å². The van der Waals surface area contributed by atoms with Gasteiger partial charge in [-0.05, 0) is 214 Å². The predicted molar refractivity (Wildman–Crippen MR) is 278 cm³/mol. The topological polar surface area (TPSA) is 126 Å². The van der Waals surface area contributed by atoms with E-state index in [1.807, 2.05) is 79.2 Å². The lowest BCUT2D eigenvalue weighted by Gasteiger charge is -2.20. The number of phenolic OH excluding ortho intramolecular Hbond substituents is 1. The van der Waals surface area contributed by atoms with Crippen molar-refractivity contribution >= 4 is 79.3 Å². The van der Waals surface area contributed by atoms with Gasteiger partial charge in [0.2, 0.25) is 0 Å². The summed E-state index contributed by atoms with van der Waals surface area (Å²) in [4.78, 5) is 10.9.